The quantitative estimate of drug-likeness (QED) is 0.692. The van der Waals surface area contributed by atoms with Gasteiger partial charge in [0, 0.05) is 5.92 Å². The summed E-state index contributed by atoms with van der Waals surface area (Å²) in [6.07, 6.45) is 9.70. The van der Waals surface area contributed by atoms with Gasteiger partial charge >= 0.3 is 0 Å². The lowest BCUT2D eigenvalue weighted by Gasteiger charge is -2.25. The molecule has 89 valence electrons. The van der Waals surface area contributed by atoms with Crippen molar-refractivity contribution in [3.63, 3.8) is 0 Å². The van der Waals surface area contributed by atoms with E-state index in [1.54, 1.807) is 11.1 Å². The van der Waals surface area contributed by atoms with Crippen LogP contribution in [-0.4, -0.2) is 0 Å². The predicted octanol–water partition coefficient (Wildman–Crippen LogP) is 4.56. The monoisotopic (exact) mass is 225 g/mol. The average molecular weight is 225 g/mol. The van der Waals surface area contributed by atoms with E-state index in [9.17, 15) is 0 Å². The van der Waals surface area contributed by atoms with Crippen molar-refractivity contribution in [3.05, 3.63) is 46.4 Å². The summed E-state index contributed by atoms with van der Waals surface area (Å²) in [4.78, 5) is 0. The molecule has 1 aromatic carbocycles. The minimum atomic E-state index is 0.551. The Bertz CT molecular complexity index is 475. The highest BCUT2D eigenvalue weighted by atomic mass is 14.4. The fraction of sp³-hybridized carbons (Fsp3) is 0.471. The van der Waals surface area contributed by atoms with E-state index in [4.69, 9.17) is 0 Å². The molecule has 0 fully saturated rings. The van der Waals surface area contributed by atoms with Crippen LogP contribution in [0, 0.1) is 11.3 Å². The van der Waals surface area contributed by atoms with E-state index in [0.717, 1.165) is 0 Å². The van der Waals surface area contributed by atoms with E-state index in [1.165, 1.54) is 42.7 Å². The minimum Gasteiger partial charge on any atom is -0.0724 e. The molecule has 2 aliphatic rings. The maximum Gasteiger partial charge on any atom is 0.0242 e. The number of fused-ring (bicyclic) bond motifs is 2. The van der Waals surface area contributed by atoms with Crippen LogP contribution in [0.15, 0.2) is 18.2 Å². The Morgan fingerprint density at radius 3 is 2.29 bits per heavy atom. The molecule has 0 nitrogen and oxygen atoms in total. The summed E-state index contributed by atoms with van der Waals surface area (Å²) in [6, 6.07) is 4.89. The Morgan fingerprint density at radius 2 is 1.65 bits per heavy atom. The molecule has 1 radical (unpaired) electrons. The van der Waals surface area contributed by atoms with Gasteiger partial charge in [0.25, 0.3) is 0 Å². The normalized spacial score (nSPS) is 20.6. The molecule has 0 amide bonds. The van der Waals surface area contributed by atoms with Crippen LogP contribution in [0.3, 0.4) is 0 Å². The fourth-order valence-electron chi connectivity index (χ4n) is 3.44. The van der Waals surface area contributed by atoms with Crippen molar-refractivity contribution >= 4 is 6.08 Å². The number of allylic oxidation sites excluding steroid dienone is 1. The average Bonchev–Trinajstić information content (AvgIpc) is 2.88. The van der Waals surface area contributed by atoms with Gasteiger partial charge in [-0.05, 0) is 53.4 Å². The number of benzene rings is 1. The highest BCUT2D eigenvalue weighted by Crippen LogP contribution is 2.44. The highest BCUT2D eigenvalue weighted by molar-refractivity contribution is 5.70. The van der Waals surface area contributed by atoms with Gasteiger partial charge in [-0.3, -0.25) is 0 Å². The van der Waals surface area contributed by atoms with E-state index in [0.29, 0.717) is 5.41 Å². The van der Waals surface area contributed by atoms with E-state index in [-0.39, 0.29) is 0 Å². The maximum absolute atomic E-state index is 2.45. The summed E-state index contributed by atoms with van der Waals surface area (Å²) < 4.78 is 0. The summed E-state index contributed by atoms with van der Waals surface area (Å²) >= 11 is 0. The zero-order chi connectivity index (χ0) is 12.0. The lowest BCUT2D eigenvalue weighted by Crippen LogP contribution is -2.18. The van der Waals surface area contributed by atoms with Gasteiger partial charge in [0.05, 0.1) is 0 Å². The van der Waals surface area contributed by atoms with Gasteiger partial charge < -0.3 is 0 Å². The molecule has 0 unspecified atom stereocenters. The molecule has 0 aromatic heterocycles. The molecule has 17 heavy (non-hydrogen) atoms. The van der Waals surface area contributed by atoms with E-state index in [1.807, 2.05) is 0 Å². The summed E-state index contributed by atoms with van der Waals surface area (Å²) in [6.45, 7) is 6.91. The highest BCUT2D eigenvalue weighted by Gasteiger charge is 2.35. The first kappa shape index (κ1) is 11.1. The number of hydrogen-bond acceptors (Lipinski definition) is 0. The van der Waals surface area contributed by atoms with Crippen molar-refractivity contribution < 1.29 is 0 Å². The largest absolute Gasteiger partial charge is 0.0724 e. The molecule has 0 heteroatoms. The van der Waals surface area contributed by atoms with Gasteiger partial charge in [0.2, 0.25) is 0 Å². The summed E-state index contributed by atoms with van der Waals surface area (Å²) in [5.41, 5.74) is 6.66. The summed E-state index contributed by atoms with van der Waals surface area (Å²) in [5.74, 6) is 1.42. The second kappa shape index (κ2) is 3.73. The first-order valence-electron chi connectivity index (χ1n) is 6.85. The van der Waals surface area contributed by atoms with Crippen LogP contribution in [-0.2, 0) is 12.8 Å². The zero-order valence-electron chi connectivity index (χ0n) is 11.1. The Labute approximate surface area is 105 Å². The Hall–Kier alpha value is -1.04. The van der Waals surface area contributed by atoms with Crippen LogP contribution in [0.5, 0.6) is 0 Å². The van der Waals surface area contributed by atoms with Gasteiger partial charge in [0.15, 0.2) is 0 Å². The Balaban J connectivity index is 2.02. The number of rotatable bonds is 2. The molecule has 0 saturated heterocycles. The summed E-state index contributed by atoms with van der Waals surface area (Å²) in [7, 11) is 0. The third-order valence-electron chi connectivity index (χ3n) is 4.94. The van der Waals surface area contributed by atoms with Crippen molar-refractivity contribution in [3.8, 4) is 0 Å². The van der Waals surface area contributed by atoms with Crippen LogP contribution >= 0.6 is 0 Å². The van der Waals surface area contributed by atoms with Gasteiger partial charge in [0.1, 0.15) is 0 Å². The standard InChI is InChI=1S/C17H21/c1-4-17(5-2)10-14-8-13-7-6-12(3)16(13)9-15(14)11-17/h6-9H,4-5,10-11H2,1-3H3. The molecule has 0 spiro atoms. The van der Waals surface area contributed by atoms with Crippen LogP contribution in [0.4, 0.5) is 0 Å². The predicted molar refractivity (Wildman–Crippen MR) is 73.9 cm³/mol. The molecule has 3 rings (SSSR count). The van der Waals surface area contributed by atoms with Gasteiger partial charge in [-0.1, -0.05) is 45.1 Å². The van der Waals surface area contributed by atoms with E-state index >= 15 is 0 Å². The lowest BCUT2D eigenvalue weighted by molar-refractivity contribution is 0.280. The van der Waals surface area contributed by atoms with E-state index in [2.05, 4.69) is 45.1 Å². The maximum atomic E-state index is 2.45. The molecule has 1 aromatic rings. The molecule has 0 saturated carbocycles. The van der Waals surface area contributed by atoms with Crippen LogP contribution in [0.1, 0.15) is 55.9 Å². The first-order valence-corrected chi connectivity index (χ1v) is 6.85. The fourth-order valence-corrected chi connectivity index (χ4v) is 3.44. The third-order valence-corrected chi connectivity index (χ3v) is 4.94. The smallest absolute Gasteiger partial charge is 0.0242 e. The van der Waals surface area contributed by atoms with Crippen molar-refractivity contribution in [1.82, 2.24) is 0 Å². The molecular weight excluding hydrogens is 204 g/mol. The van der Waals surface area contributed by atoms with Crippen molar-refractivity contribution in [2.24, 2.45) is 5.41 Å². The third kappa shape index (κ3) is 1.57. The second-order valence-corrected chi connectivity index (χ2v) is 5.79. The van der Waals surface area contributed by atoms with Crippen LogP contribution in [0.25, 0.3) is 6.08 Å². The zero-order valence-corrected chi connectivity index (χ0v) is 11.1. The Morgan fingerprint density at radius 1 is 1.00 bits per heavy atom. The van der Waals surface area contributed by atoms with Gasteiger partial charge in [-0.2, -0.15) is 0 Å². The van der Waals surface area contributed by atoms with Crippen LogP contribution < -0.4 is 0 Å². The lowest BCUT2D eigenvalue weighted by atomic mass is 9.80. The molecule has 0 heterocycles. The van der Waals surface area contributed by atoms with Crippen molar-refractivity contribution in [2.75, 3.05) is 0 Å². The topological polar surface area (TPSA) is 0 Å². The molecular formula is C17H21. The molecule has 0 bridgehead atoms. The van der Waals surface area contributed by atoms with Gasteiger partial charge in [-0.15, -0.1) is 0 Å². The molecule has 2 aliphatic carbocycles. The molecule has 0 aliphatic heterocycles. The number of hydrogen-bond donors (Lipinski definition) is 0. The summed E-state index contributed by atoms with van der Waals surface area (Å²) in [5, 5.41) is 0. The first-order chi connectivity index (χ1) is 8.17. The minimum absolute atomic E-state index is 0.551. The Kier molecular flexibility index (Phi) is 2.43. The van der Waals surface area contributed by atoms with Crippen LogP contribution in [0.2, 0.25) is 0 Å². The van der Waals surface area contributed by atoms with Gasteiger partial charge in [-0.25, -0.2) is 0 Å². The molecule has 0 N–H and O–H groups in total. The second-order valence-electron chi connectivity index (χ2n) is 5.79. The van der Waals surface area contributed by atoms with E-state index < -0.39 is 0 Å². The SMILES string of the molecule is CCC1(CC)Cc2cc3c(cc2C1)[C](C)C=C3. The molecule has 0 atom stereocenters. The van der Waals surface area contributed by atoms with Crippen molar-refractivity contribution in [1.29, 1.82) is 0 Å². The van der Waals surface area contributed by atoms with Crippen molar-refractivity contribution in [2.45, 2.75) is 46.5 Å².